The van der Waals surface area contributed by atoms with Crippen molar-refractivity contribution in [3.05, 3.63) is 0 Å². The van der Waals surface area contributed by atoms with Crippen LogP contribution in [-0.4, -0.2) is 29.3 Å². The quantitative estimate of drug-likeness (QED) is 0.792. The Hall–Kier alpha value is -1.39. The molecule has 5 heteroatoms. The van der Waals surface area contributed by atoms with Crippen molar-refractivity contribution in [1.82, 2.24) is 10.2 Å². The van der Waals surface area contributed by atoms with Gasteiger partial charge in [0.1, 0.15) is 5.41 Å². The monoisotopic (exact) mass is 266 g/mol. The fraction of sp³-hybridized carbons (Fsp3) is 0.786. The van der Waals surface area contributed by atoms with E-state index in [0.717, 1.165) is 25.7 Å². The Morgan fingerprint density at radius 1 is 1.16 bits per heavy atom. The third kappa shape index (κ3) is 2.26. The summed E-state index contributed by atoms with van der Waals surface area (Å²) in [6.45, 7) is 4.53. The van der Waals surface area contributed by atoms with Crippen molar-refractivity contribution in [2.75, 3.05) is 6.54 Å². The first-order valence-corrected chi connectivity index (χ1v) is 7.22. The van der Waals surface area contributed by atoms with Crippen molar-refractivity contribution in [3.63, 3.8) is 0 Å². The smallest absolute Gasteiger partial charge is 0.277 e. The first-order chi connectivity index (χ1) is 9.05. The van der Waals surface area contributed by atoms with E-state index in [1.165, 1.54) is 4.90 Å². The summed E-state index contributed by atoms with van der Waals surface area (Å²) in [6, 6.07) is -0.542. The normalized spacial score (nSPS) is 22.5. The van der Waals surface area contributed by atoms with Gasteiger partial charge in [-0.2, -0.15) is 0 Å². The van der Waals surface area contributed by atoms with Crippen LogP contribution in [0.1, 0.15) is 52.4 Å². The Morgan fingerprint density at radius 2 is 1.74 bits per heavy atom. The molecule has 1 saturated carbocycles. The van der Waals surface area contributed by atoms with Gasteiger partial charge < -0.3 is 0 Å². The van der Waals surface area contributed by atoms with Gasteiger partial charge in [-0.3, -0.25) is 19.8 Å². The van der Waals surface area contributed by atoms with E-state index in [2.05, 4.69) is 19.2 Å². The molecule has 19 heavy (non-hydrogen) atoms. The molecule has 2 rings (SSSR count). The van der Waals surface area contributed by atoms with Gasteiger partial charge in [-0.1, -0.05) is 39.5 Å². The number of nitrogens with zero attached hydrogens (tertiary/aromatic N) is 1. The van der Waals surface area contributed by atoms with E-state index in [-0.39, 0.29) is 11.8 Å². The predicted molar refractivity (Wildman–Crippen MR) is 70.2 cm³/mol. The molecule has 1 saturated heterocycles. The summed E-state index contributed by atoms with van der Waals surface area (Å²) in [4.78, 5) is 37.8. The SMILES string of the molecule is CCC(CC)CN1C(=O)NC(=O)C2(CCCC2)C1=O. The number of hydrogen-bond acceptors (Lipinski definition) is 3. The lowest BCUT2D eigenvalue weighted by molar-refractivity contribution is -0.151. The number of barbiturate groups is 1. The maximum absolute atomic E-state index is 12.6. The van der Waals surface area contributed by atoms with Crippen LogP contribution < -0.4 is 5.32 Å². The van der Waals surface area contributed by atoms with E-state index in [0.29, 0.717) is 25.3 Å². The molecule has 0 radical (unpaired) electrons. The molecule has 1 spiro atoms. The molecular weight excluding hydrogens is 244 g/mol. The van der Waals surface area contributed by atoms with Crippen molar-refractivity contribution >= 4 is 17.8 Å². The molecule has 4 amide bonds. The molecule has 0 aromatic rings. The maximum atomic E-state index is 12.6. The molecule has 0 unspecified atom stereocenters. The number of nitrogens with one attached hydrogen (secondary N) is 1. The number of carbonyl (C=O) groups excluding carboxylic acids is 3. The number of amides is 4. The standard InChI is InChI=1S/C14H22N2O3/c1-3-10(4-2)9-16-12(18)14(7-5-6-8-14)11(17)15-13(16)19/h10H,3-9H2,1-2H3,(H,15,17,19). The summed E-state index contributed by atoms with van der Waals surface area (Å²) in [5, 5.41) is 2.37. The van der Waals surface area contributed by atoms with Crippen molar-refractivity contribution in [2.24, 2.45) is 11.3 Å². The lowest BCUT2D eigenvalue weighted by atomic mass is 9.81. The molecule has 2 aliphatic rings. The summed E-state index contributed by atoms with van der Waals surface area (Å²) in [5.74, 6) is -0.354. The maximum Gasteiger partial charge on any atom is 0.330 e. The van der Waals surface area contributed by atoms with Crippen LogP contribution in [0.15, 0.2) is 0 Å². The molecule has 1 N–H and O–H groups in total. The number of carbonyl (C=O) groups is 3. The van der Waals surface area contributed by atoms with E-state index in [1.54, 1.807) is 0 Å². The summed E-state index contributed by atoms with van der Waals surface area (Å²) in [5.41, 5.74) is -0.958. The number of urea groups is 1. The second-order valence-corrected chi connectivity index (χ2v) is 5.65. The second-order valence-electron chi connectivity index (χ2n) is 5.65. The largest absolute Gasteiger partial charge is 0.330 e. The molecule has 0 aromatic carbocycles. The average Bonchev–Trinajstić information content (AvgIpc) is 2.88. The van der Waals surface area contributed by atoms with Crippen molar-refractivity contribution < 1.29 is 14.4 Å². The van der Waals surface area contributed by atoms with Gasteiger partial charge in [-0.15, -0.1) is 0 Å². The third-order valence-corrected chi connectivity index (χ3v) is 4.61. The number of hydrogen-bond donors (Lipinski definition) is 1. The van der Waals surface area contributed by atoms with Crippen LogP contribution >= 0.6 is 0 Å². The Kier molecular flexibility index (Phi) is 3.92. The van der Waals surface area contributed by atoms with E-state index >= 15 is 0 Å². The van der Waals surface area contributed by atoms with Crippen molar-refractivity contribution in [2.45, 2.75) is 52.4 Å². The highest BCUT2D eigenvalue weighted by molar-refractivity contribution is 6.19. The van der Waals surface area contributed by atoms with Gasteiger partial charge in [0.2, 0.25) is 11.8 Å². The molecule has 0 atom stereocenters. The lowest BCUT2D eigenvalue weighted by Crippen LogP contribution is -2.63. The first kappa shape index (κ1) is 14.0. The average molecular weight is 266 g/mol. The Labute approximate surface area is 113 Å². The van der Waals surface area contributed by atoms with E-state index in [1.807, 2.05) is 0 Å². The van der Waals surface area contributed by atoms with Crippen LogP contribution in [0, 0.1) is 11.3 Å². The van der Waals surface area contributed by atoms with E-state index in [9.17, 15) is 14.4 Å². The topological polar surface area (TPSA) is 66.5 Å². The summed E-state index contributed by atoms with van der Waals surface area (Å²) in [7, 11) is 0. The third-order valence-electron chi connectivity index (χ3n) is 4.61. The van der Waals surface area contributed by atoms with Crippen LogP contribution in [0.2, 0.25) is 0 Å². The number of imide groups is 2. The van der Waals surface area contributed by atoms with Crippen LogP contribution in [0.25, 0.3) is 0 Å². The van der Waals surface area contributed by atoms with Crippen LogP contribution in [0.4, 0.5) is 4.79 Å². The minimum atomic E-state index is -0.958. The zero-order valence-electron chi connectivity index (χ0n) is 11.7. The van der Waals surface area contributed by atoms with Gasteiger partial charge in [0.15, 0.2) is 0 Å². The fourth-order valence-corrected chi connectivity index (χ4v) is 3.12. The van der Waals surface area contributed by atoms with Crippen molar-refractivity contribution in [1.29, 1.82) is 0 Å². The van der Waals surface area contributed by atoms with Gasteiger partial charge in [0.05, 0.1) is 0 Å². The predicted octanol–water partition coefficient (Wildman–Crippen LogP) is 2.06. The van der Waals surface area contributed by atoms with E-state index in [4.69, 9.17) is 0 Å². The van der Waals surface area contributed by atoms with Gasteiger partial charge in [-0.25, -0.2) is 4.79 Å². The molecule has 1 aliphatic carbocycles. The molecule has 1 heterocycles. The zero-order valence-corrected chi connectivity index (χ0v) is 11.7. The van der Waals surface area contributed by atoms with Gasteiger partial charge in [-0.05, 0) is 18.8 Å². The zero-order chi connectivity index (χ0) is 14.0. The lowest BCUT2D eigenvalue weighted by Gasteiger charge is -2.38. The molecule has 0 bridgehead atoms. The van der Waals surface area contributed by atoms with E-state index < -0.39 is 11.4 Å². The van der Waals surface area contributed by atoms with Crippen molar-refractivity contribution in [3.8, 4) is 0 Å². The summed E-state index contributed by atoms with van der Waals surface area (Å²) < 4.78 is 0. The van der Waals surface area contributed by atoms with Crippen LogP contribution in [0.5, 0.6) is 0 Å². The Morgan fingerprint density at radius 3 is 2.26 bits per heavy atom. The molecule has 2 fully saturated rings. The highest BCUT2D eigenvalue weighted by atomic mass is 16.2. The molecule has 1 aliphatic heterocycles. The van der Waals surface area contributed by atoms with Gasteiger partial charge >= 0.3 is 6.03 Å². The Balaban J connectivity index is 2.21. The Bertz CT molecular complexity index is 395. The molecule has 106 valence electrons. The van der Waals surface area contributed by atoms with Crippen LogP contribution in [-0.2, 0) is 9.59 Å². The fourth-order valence-electron chi connectivity index (χ4n) is 3.12. The minimum absolute atomic E-state index is 0.273. The van der Waals surface area contributed by atoms with Gasteiger partial charge in [0, 0.05) is 6.54 Å². The first-order valence-electron chi connectivity index (χ1n) is 7.22. The highest BCUT2D eigenvalue weighted by Gasteiger charge is 2.54. The second kappa shape index (κ2) is 5.31. The van der Waals surface area contributed by atoms with Crippen LogP contribution in [0.3, 0.4) is 0 Å². The molecular formula is C14H22N2O3. The minimum Gasteiger partial charge on any atom is -0.277 e. The summed E-state index contributed by atoms with van der Waals surface area (Å²) >= 11 is 0. The highest BCUT2D eigenvalue weighted by Crippen LogP contribution is 2.41. The summed E-state index contributed by atoms with van der Waals surface area (Å²) in [6.07, 6.45) is 4.76. The molecule has 0 aromatic heterocycles. The number of rotatable bonds is 4. The molecule has 5 nitrogen and oxygen atoms in total. The van der Waals surface area contributed by atoms with Gasteiger partial charge in [0.25, 0.3) is 0 Å².